The number of likely N-dealkylation sites (N-methyl/N-ethyl adjacent to an activating group) is 1. The summed E-state index contributed by atoms with van der Waals surface area (Å²) in [5, 5.41) is 3.67. The molecule has 0 atom stereocenters. The van der Waals surface area contributed by atoms with E-state index < -0.39 is 15.9 Å². The quantitative estimate of drug-likeness (QED) is 0.594. The van der Waals surface area contributed by atoms with Gasteiger partial charge in [0.15, 0.2) is 0 Å². The van der Waals surface area contributed by atoms with Gasteiger partial charge in [-0.15, -0.1) is 6.42 Å². The SMILES string of the molecule is C#Cc1cccc(N(CC(=O)NC)S(=O)(=O)c2ccc(OCC)c3ccccc23)c1. The molecule has 3 rings (SSSR count). The van der Waals surface area contributed by atoms with Gasteiger partial charge in [-0.2, -0.15) is 0 Å². The van der Waals surface area contributed by atoms with Crippen molar-refractivity contribution in [3.8, 4) is 18.1 Å². The van der Waals surface area contributed by atoms with E-state index in [1.165, 1.54) is 13.1 Å². The van der Waals surface area contributed by atoms with Crippen LogP contribution in [0.5, 0.6) is 5.75 Å². The summed E-state index contributed by atoms with van der Waals surface area (Å²) in [6.45, 7) is 1.94. The molecule has 6 nitrogen and oxygen atoms in total. The number of sulfonamides is 1. The molecule has 154 valence electrons. The standard InChI is InChI=1S/C23H22N2O4S/c1-4-17-9-8-10-18(15-17)25(16-23(26)24-3)30(27,28)22-14-13-21(29-5-2)19-11-6-7-12-20(19)22/h1,6-15H,5,16H2,2-3H3,(H,24,26). The molecule has 0 saturated heterocycles. The number of rotatable bonds is 7. The number of terminal acetylenes is 1. The minimum absolute atomic E-state index is 0.0802. The van der Waals surface area contributed by atoms with Gasteiger partial charge in [0.2, 0.25) is 5.91 Å². The Hall–Kier alpha value is -3.50. The van der Waals surface area contributed by atoms with E-state index in [4.69, 9.17) is 11.2 Å². The molecule has 30 heavy (non-hydrogen) atoms. The molecule has 0 heterocycles. The molecule has 0 aliphatic rings. The largest absolute Gasteiger partial charge is 0.493 e. The minimum atomic E-state index is -4.09. The number of hydrogen-bond donors (Lipinski definition) is 1. The fourth-order valence-electron chi connectivity index (χ4n) is 3.14. The van der Waals surface area contributed by atoms with Gasteiger partial charge in [-0.3, -0.25) is 9.10 Å². The lowest BCUT2D eigenvalue weighted by Gasteiger charge is -2.25. The fraction of sp³-hybridized carbons (Fsp3) is 0.174. The first-order valence-electron chi connectivity index (χ1n) is 9.37. The summed E-state index contributed by atoms with van der Waals surface area (Å²) in [7, 11) is -2.64. The summed E-state index contributed by atoms with van der Waals surface area (Å²) in [6, 6.07) is 16.8. The second kappa shape index (κ2) is 8.89. The molecular formula is C23H22N2O4S. The lowest BCUT2D eigenvalue weighted by Crippen LogP contribution is -2.39. The number of carbonyl (C=O) groups is 1. The van der Waals surface area contributed by atoms with Gasteiger partial charge >= 0.3 is 0 Å². The Morgan fingerprint density at radius 3 is 2.50 bits per heavy atom. The van der Waals surface area contributed by atoms with E-state index in [0.717, 1.165) is 4.31 Å². The molecule has 0 aliphatic carbocycles. The van der Waals surface area contributed by atoms with Gasteiger partial charge in [-0.1, -0.05) is 36.3 Å². The highest BCUT2D eigenvalue weighted by molar-refractivity contribution is 7.93. The highest BCUT2D eigenvalue weighted by Crippen LogP contribution is 2.34. The average molecular weight is 423 g/mol. The lowest BCUT2D eigenvalue weighted by atomic mass is 10.1. The van der Waals surface area contributed by atoms with Gasteiger partial charge in [0.05, 0.1) is 17.2 Å². The van der Waals surface area contributed by atoms with Crippen LogP contribution >= 0.6 is 0 Å². The Kier molecular flexibility index (Phi) is 6.28. The number of nitrogens with one attached hydrogen (secondary N) is 1. The van der Waals surface area contributed by atoms with Crippen LogP contribution in [0.2, 0.25) is 0 Å². The monoisotopic (exact) mass is 422 g/mol. The molecule has 3 aromatic rings. The van der Waals surface area contributed by atoms with Crippen molar-refractivity contribution in [1.82, 2.24) is 5.32 Å². The first-order chi connectivity index (χ1) is 14.4. The van der Waals surface area contributed by atoms with E-state index >= 15 is 0 Å². The molecule has 0 fully saturated rings. The van der Waals surface area contributed by atoms with Crippen LogP contribution in [0.25, 0.3) is 10.8 Å². The third-order valence-corrected chi connectivity index (χ3v) is 6.41. The first-order valence-corrected chi connectivity index (χ1v) is 10.8. The molecule has 0 aliphatic heterocycles. The van der Waals surface area contributed by atoms with Crippen molar-refractivity contribution >= 4 is 32.4 Å². The molecule has 0 aromatic heterocycles. The van der Waals surface area contributed by atoms with Crippen molar-refractivity contribution in [1.29, 1.82) is 0 Å². The second-order valence-electron chi connectivity index (χ2n) is 6.42. The number of anilines is 1. The van der Waals surface area contributed by atoms with Gasteiger partial charge in [0.1, 0.15) is 12.3 Å². The van der Waals surface area contributed by atoms with Crippen LogP contribution in [-0.4, -0.2) is 34.5 Å². The van der Waals surface area contributed by atoms with Gasteiger partial charge in [-0.05, 0) is 37.3 Å². The van der Waals surface area contributed by atoms with Gasteiger partial charge in [0, 0.05) is 23.4 Å². The molecule has 0 unspecified atom stereocenters. The first kappa shape index (κ1) is 21.2. The van der Waals surface area contributed by atoms with E-state index in [2.05, 4.69) is 11.2 Å². The number of ether oxygens (including phenoxy) is 1. The predicted octanol–water partition coefficient (Wildman–Crippen LogP) is 3.16. The predicted molar refractivity (Wildman–Crippen MR) is 118 cm³/mol. The zero-order valence-corrected chi connectivity index (χ0v) is 17.6. The maximum absolute atomic E-state index is 13.7. The Morgan fingerprint density at radius 1 is 1.10 bits per heavy atom. The van der Waals surface area contributed by atoms with Crippen LogP contribution in [0.1, 0.15) is 12.5 Å². The molecule has 0 saturated carbocycles. The highest BCUT2D eigenvalue weighted by atomic mass is 32.2. The molecule has 1 amide bonds. The van der Waals surface area contributed by atoms with Crippen molar-refractivity contribution in [3.05, 3.63) is 66.2 Å². The maximum atomic E-state index is 13.7. The molecular weight excluding hydrogens is 400 g/mol. The van der Waals surface area contributed by atoms with Gasteiger partial charge in [-0.25, -0.2) is 8.42 Å². The van der Waals surface area contributed by atoms with Crippen LogP contribution in [-0.2, 0) is 14.8 Å². The van der Waals surface area contributed by atoms with Crippen LogP contribution in [0.15, 0.2) is 65.6 Å². The second-order valence-corrected chi connectivity index (χ2v) is 8.25. The Labute approximate surface area is 176 Å². The number of nitrogens with zero attached hydrogens (tertiary/aromatic N) is 1. The van der Waals surface area contributed by atoms with Crippen molar-refractivity contribution in [3.63, 3.8) is 0 Å². The molecule has 1 N–H and O–H groups in total. The van der Waals surface area contributed by atoms with E-state index in [9.17, 15) is 13.2 Å². The van der Waals surface area contributed by atoms with E-state index in [1.54, 1.807) is 48.5 Å². The summed E-state index contributed by atoms with van der Waals surface area (Å²) >= 11 is 0. The maximum Gasteiger partial charge on any atom is 0.265 e. The van der Waals surface area contributed by atoms with Crippen LogP contribution in [0.3, 0.4) is 0 Å². The van der Waals surface area contributed by atoms with Gasteiger partial charge in [0.25, 0.3) is 10.0 Å². The van der Waals surface area contributed by atoms with Crippen molar-refractivity contribution in [2.75, 3.05) is 24.5 Å². The number of hydrogen-bond acceptors (Lipinski definition) is 4. The highest BCUT2D eigenvalue weighted by Gasteiger charge is 2.29. The van der Waals surface area contributed by atoms with E-state index in [0.29, 0.717) is 34.4 Å². The molecule has 0 radical (unpaired) electrons. The summed E-state index contributed by atoms with van der Waals surface area (Å²) < 4.78 is 34.2. The topological polar surface area (TPSA) is 75.7 Å². The lowest BCUT2D eigenvalue weighted by molar-refractivity contribution is -0.119. The third-order valence-electron chi connectivity index (χ3n) is 4.58. The van der Waals surface area contributed by atoms with Crippen molar-refractivity contribution in [2.45, 2.75) is 11.8 Å². The fourth-order valence-corrected chi connectivity index (χ4v) is 4.76. The summed E-state index contributed by atoms with van der Waals surface area (Å²) in [4.78, 5) is 12.2. The van der Waals surface area contributed by atoms with E-state index in [-0.39, 0.29) is 11.4 Å². The number of carbonyl (C=O) groups excluding carboxylic acids is 1. The van der Waals surface area contributed by atoms with E-state index in [1.807, 2.05) is 13.0 Å². The molecule has 0 spiro atoms. The normalized spacial score (nSPS) is 11.0. The summed E-state index contributed by atoms with van der Waals surface area (Å²) in [6.07, 6.45) is 5.47. The average Bonchev–Trinajstić information content (AvgIpc) is 2.77. The van der Waals surface area contributed by atoms with Crippen molar-refractivity contribution in [2.24, 2.45) is 0 Å². The number of fused-ring (bicyclic) bond motifs is 1. The molecule has 7 heteroatoms. The number of benzene rings is 3. The van der Waals surface area contributed by atoms with Crippen molar-refractivity contribution < 1.29 is 17.9 Å². The third kappa shape index (κ3) is 4.09. The minimum Gasteiger partial charge on any atom is -0.493 e. The van der Waals surface area contributed by atoms with Crippen LogP contribution in [0, 0.1) is 12.3 Å². The molecule has 3 aromatic carbocycles. The zero-order chi connectivity index (χ0) is 21.7. The summed E-state index contributed by atoms with van der Waals surface area (Å²) in [5.74, 6) is 2.65. The Bertz CT molecular complexity index is 1230. The Morgan fingerprint density at radius 2 is 1.83 bits per heavy atom. The molecule has 0 bridgehead atoms. The number of amides is 1. The van der Waals surface area contributed by atoms with Crippen LogP contribution in [0.4, 0.5) is 5.69 Å². The smallest absolute Gasteiger partial charge is 0.265 e. The zero-order valence-electron chi connectivity index (χ0n) is 16.8. The summed E-state index contributed by atoms with van der Waals surface area (Å²) in [5.41, 5.74) is 0.827. The Balaban J connectivity index is 2.22. The van der Waals surface area contributed by atoms with Crippen LogP contribution < -0.4 is 14.4 Å². The van der Waals surface area contributed by atoms with Gasteiger partial charge < -0.3 is 10.1 Å².